The van der Waals surface area contributed by atoms with Crippen molar-refractivity contribution < 1.29 is 19.4 Å². The average molecular weight is 485 g/mol. The van der Waals surface area contributed by atoms with Gasteiger partial charge in [-0.2, -0.15) is 0 Å². The summed E-state index contributed by atoms with van der Waals surface area (Å²) in [5.41, 5.74) is 1.02. The monoisotopic (exact) mass is 484 g/mol. The number of nitrogens with one attached hydrogen (secondary N) is 1. The molecule has 1 aromatic rings. The molecule has 0 radical (unpaired) electrons. The Morgan fingerprint density at radius 2 is 2.14 bits per heavy atom. The predicted molar refractivity (Wildman–Crippen MR) is 135 cm³/mol. The average Bonchev–Trinajstić information content (AvgIpc) is 3.37. The molecular weight excluding hydrogens is 444 g/mol. The van der Waals surface area contributed by atoms with E-state index in [1.165, 1.54) is 25.7 Å². The molecule has 3 atom stereocenters. The van der Waals surface area contributed by atoms with E-state index in [9.17, 15) is 14.7 Å². The molecule has 35 heavy (non-hydrogen) atoms. The summed E-state index contributed by atoms with van der Waals surface area (Å²) in [6.07, 6.45) is 8.04. The van der Waals surface area contributed by atoms with Gasteiger partial charge in [0, 0.05) is 44.2 Å². The molecule has 0 spiro atoms. The lowest BCUT2D eigenvalue weighted by Gasteiger charge is -2.37. The molecule has 2 N–H and O–H groups in total. The number of rotatable bonds is 7. The van der Waals surface area contributed by atoms with E-state index in [4.69, 9.17) is 4.74 Å². The van der Waals surface area contributed by atoms with Gasteiger partial charge in [-0.1, -0.05) is 38.5 Å². The molecule has 2 heterocycles. The van der Waals surface area contributed by atoms with Crippen molar-refractivity contribution in [1.82, 2.24) is 20.1 Å². The van der Waals surface area contributed by atoms with Crippen LogP contribution in [0, 0.1) is 23.7 Å². The Labute approximate surface area is 209 Å². The number of likely N-dealkylation sites (N-methyl/N-ethyl adjacent to an activating group) is 1. The second-order valence-corrected chi connectivity index (χ2v) is 9.97. The molecule has 8 nitrogen and oxygen atoms in total. The van der Waals surface area contributed by atoms with Gasteiger partial charge in [0.15, 0.2) is 0 Å². The van der Waals surface area contributed by atoms with Crippen molar-refractivity contribution in [1.29, 1.82) is 0 Å². The Morgan fingerprint density at radius 3 is 2.83 bits per heavy atom. The Hall–Kier alpha value is -2.79. The molecule has 1 aliphatic heterocycles. The van der Waals surface area contributed by atoms with Gasteiger partial charge < -0.3 is 25.0 Å². The molecule has 3 rings (SSSR count). The summed E-state index contributed by atoms with van der Waals surface area (Å²) in [7, 11) is 1.73. The number of carbonyl (C=O) groups excluding carboxylic acids is 2. The summed E-state index contributed by atoms with van der Waals surface area (Å²) in [5.74, 6) is 7.03. The number of carbonyl (C=O) groups is 2. The molecule has 1 aliphatic carbocycles. The Bertz CT molecular complexity index is 935. The minimum absolute atomic E-state index is 0.0878. The van der Waals surface area contributed by atoms with Crippen LogP contribution in [0.5, 0.6) is 5.88 Å². The van der Waals surface area contributed by atoms with E-state index >= 15 is 0 Å². The van der Waals surface area contributed by atoms with Crippen LogP contribution in [0.4, 0.5) is 4.79 Å². The van der Waals surface area contributed by atoms with E-state index in [1.807, 2.05) is 20.8 Å². The summed E-state index contributed by atoms with van der Waals surface area (Å²) >= 11 is 0. The van der Waals surface area contributed by atoms with Crippen LogP contribution in [0.25, 0.3) is 0 Å². The predicted octanol–water partition coefficient (Wildman–Crippen LogP) is 3.28. The van der Waals surface area contributed by atoms with Crippen LogP contribution >= 0.6 is 0 Å². The highest BCUT2D eigenvalue weighted by Crippen LogP contribution is 2.28. The summed E-state index contributed by atoms with van der Waals surface area (Å²) in [6.45, 7) is 7.01. The number of urea groups is 1. The molecule has 1 aromatic heterocycles. The van der Waals surface area contributed by atoms with E-state index in [0.717, 1.165) is 12.8 Å². The number of ether oxygens (including phenoxy) is 1. The third-order valence-corrected chi connectivity index (χ3v) is 6.95. The Morgan fingerprint density at radius 1 is 1.40 bits per heavy atom. The van der Waals surface area contributed by atoms with Gasteiger partial charge in [-0.3, -0.25) is 4.79 Å². The zero-order valence-electron chi connectivity index (χ0n) is 21.5. The largest absolute Gasteiger partial charge is 0.472 e. The number of pyridine rings is 1. The zero-order chi connectivity index (χ0) is 25.4. The first kappa shape index (κ1) is 26.8. The second-order valence-electron chi connectivity index (χ2n) is 9.97. The van der Waals surface area contributed by atoms with Crippen molar-refractivity contribution >= 4 is 11.9 Å². The minimum atomic E-state index is -0.376. The molecule has 1 saturated carbocycles. The molecule has 0 bridgehead atoms. The molecule has 0 saturated heterocycles. The van der Waals surface area contributed by atoms with Crippen molar-refractivity contribution in [3.05, 3.63) is 23.4 Å². The molecule has 2 aliphatic rings. The van der Waals surface area contributed by atoms with E-state index in [-0.39, 0.29) is 42.5 Å². The highest BCUT2D eigenvalue weighted by molar-refractivity contribution is 5.97. The summed E-state index contributed by atoms with van der Waals surface area (Å²) in [4.78, 5) is 33.7. The van der Waals surface area contributed by atoms with Crippen LogP contribution in [0.3, 0.4) is 0 Å². The van der Waals surface area contributed by atoms with Crippen LogP contribution in [-0.4, -0.2) is 77.3 Å². The topological polar surface area (TPSA) is 95.0 Å². The third-order valence-electron chi connectivity index (χ3n) is 6.95. The zero-order valence-corrected chi connectivity index (χ0v) is 21.5. The molecule has 0 aromatic carbocycles. The van der Waals surface area contributed by atoms with Gasteiger partial charge in [0.25, 0.3) is 5.91 Å². The van der Waals surface area contributed by atoms with Crippen molar-refractivity contribution in [2.24, 2.45) is 11.8 Å². The molecular formula is C27H40N4O4. The first-order valence-corrected chi connectivity index (χ1v) is 12.9. The fourth-order valence-electron chi connectivity index (χ4n) is 4.62. The summed E-state index contributed by atoms with van der Waals surface area (Å²) in [6, 6.07) is 1.22. The maximum absolute atomic E-state index is 13.5. The van der Waals surface area contributed by atoms with Crippen molar-refractivity contribution in [2.45, 2.75) is 71.4 Å². The third kappa shape index (κ3) is 7.11. The van der Waals surface area contributed by atoms with E-state index in [2.05, 4.69) is 22.1 Å². The van der Waals surface area contributed by atoms with Gasteiger partial charge in [-0.15, -0.1) is 0 Å². The van der Waals surface area contributed by atoms with Gasteiger partial charge in [0.1, 0.15) is 11.7 Å². The van der Waals surface area contributed by atoms with Gasteiger partial charge >= 0.3 is 6.03 Å². The fourth-order valence-corrected chi connectivity index (χ4v) is 4.62. The Kier molecular flexibility index (Phi) is 9.79. The number of aromatic nitrogens is 1. The van der Waals surface area contributed by atoms with Gasteiger partial charge in [0.05, 0.1) is 19.2 Å². The molecule has 8 heteroatoms. The van der Waals surface area contributed by atoms with Crippen LogP contribution in [0.1, 0.15) is 75.2 Å². The fraction of sp³-hybridized carbons (Fsp3) is 0.667. The van der Waals surface area contributed by atoms with E-state index in [1.54, 1.807) is 29.1 Å². The number of hydrogen-bond acceptors (Lipinski definition) is 5. The lowest BCUT2D eigenvalue weighted by Crippen LogP contribution is -2.51. The van der Waals surface area contributed by atoms with Gasteiger partial charge in [0.2, 0.25) is 5.88 Å². The lowest BCUT2D eigenvalue weighted by molar-refractivity contribution is 0.0352. The lowest BCUT2D eigenvalue weighted by atomic mass is 10.00. The maximum Gasteiger partial charge on any atom is 0.317 e. The number of aliphatic hydroxyl groups is 1. The minimum Gasteiger partial charge on any atom is -0.472 e. The maximum atomic E-state index is 13.5. The second kappa shape index (κ2) is 12.8. The van der Waals surface area contributed by atoms with Gasteiger partial charge in [-0.25, -0.2) is 9.78 Å². The smallest absolute Gasteiger partial charge is 0.317 e. The first-order valence-electron chi connectivity index (χ1n) is 12.9. The van der Waals surface area contributed by atoms with Crippen LogP contribution < -0.4 is 10.1 Å². The molecule has 1 fully saturated rings. The van der Waals surface area contributed by atoms with Crippen LogP contribution in [0.2, 0.25) is 0 Å². The standard InChI is InChI=1S/C27H40N4O4/c1-5-13-28-27(34)30(4)17-24-19(2)16-31(20(3)18-32)26(33)23-14-22(15-29-25(23)35-24)12-8-11-21-9-6-7-10-21/h14-15,19-21,24,32H,5-7,9-11,13,16-18H2,1-4H3,(H,28,34)/t19-,20-,24+/m1/s1. The molecule has 0 unspecified atom stereocenters. The first-order chi connectivity index (χ1) is 16.8. The highest BCUT2D eigenvalue weighted by atomic mass is 16.5. The Balaban J connectivity index is 1.86. The van der Waals surface area contributed by atoms with Crippen molar-refractivity contribution in [2.75, 3.05) is 33.3 Å². The molecule has 192 valence electrons. The quantitative estimate of drug-likeness (QED) is 0.579. The summed E-state index contributed by atoms with van der Waals surface area (Å²) in [5, 5.41) is 12.7. The van der Waals surface area contributed by atoms with E-state index in [0.29, 0.717) is 36.7 Å². The number of nitrogens with zero attached hydrogens (tertiary/aromatic N) is 3. The number of aliphatic hydroxyl groups excluding tert-OH is 1. The summed E-state index contributed by atoms with van der Waals surface area (Å²) < 4.78 is 6.26. The SMILES string of the molecule is CCCNC(=O)N(C)C[C@@H]1Oc2ncc(C#CCC3CCCC3)cc2C(=O)N([C@H](C)CO)C[C@H]1C. The van der Waals surface area contributed by atoms with E-state index < -0.39 is 0 Å². The van der Waals surface area contributed by atoms with Crippen LogP contribution in [-0.2, 0) is 0 Å². The van der Waals surface area contributed by atoms with Gasteiger partial charge in [-0.05, 0) is 38.2 Å². The normalized spacial score (nSPS) is 21.2. The number of hydrogen-bond donors (Lipinski definition) is 2. The highest BCUT2D eigenvalue weighted by Gasteiger charge is 2.34. The molecule has 3 amide bonds. The van der Waals surface area contributed by atoms with Crippen LogP contribution in [0.15, 0.2) is 12.3 Å². The number of fused-ring (bicyclic) bond motifs is 1. The number of amides is 3. The van der Waals surface area contributed by atoms with Crippen molar-refractivity contribution in [3.63, 3.8) is 0 Å². The van der Waals surface area contributed by atoms with Crippen molar-refractivity contribution in [3.8, 4) is 17.7 Å².